The molecule has 6 heteroatoms. The van der Waals surface area contributed by atoms with E-state index in [0.29, 0.717) is 0 Å². The van der Waals surface area contributed by atoms with Gasteiger partial charge in [0.2, 0.25) is 0 Å². The number of halogens is 6. The van der Waals surface area contributed by atoms with Crippen molar-refractivity contribution in [3.8, 4) is 11.1 Å². The van der Waals surface area contributed by atoms with Crippen LogP contribution in [0.5, 0.6) is 0 Å². The Morgan fingerprint density at radius 1 is 0.611 bits per heavy atom. The molecule has 0 amide bonds. The van der Waals surface area contributed by atoms with Crippen LogP contribution in [0.15, 0.2) is 51.1 Å². The predicted octanol–water partition coefficient (Wildman–Crippen LogP) is 7.93. The smallest absolute Gasteiger partial charge is 0.0465 e. The van der Waals surface area contributed by atoms with E-state index in [9.17, 15) is 0 Å². The molecule has 0 nitrogen and oxygen atoms in total. The molecule has 0 radical (unpaired) electrons. The van der Waals surface area contributed by atoms with Gasteiger partial charge in [-0.15, -0.1) is 0 Å². The van der Waals surface area contributed by atoms with Gasteiger partial charge in [0, 0.05) is 32.4 Å². The Morgan fingerprint density at radius 3 is 1.72 bits per heavy atom. The summed E-state index contributed by atoms with van der Waals surface area (Å²) in [6, 6.07) is 8.15. The van der Waals surface area contributed by atoms with E-state index in [-0.39, 0.29) is 0 Å². The first-order valence-corrected chi connectivity index (χ1v) is 9.46. The van der Waals surface area contributed by atoms with Crippen molar-refractivity contribution in [2.24, 2.45) is 0 Å². The molecule has 0 aliphatic rings. The number of hydrogen-bond donors (Lipinski definition) is 0. The van der Waals surface area contributed by atoms with Gasteiger partial charge in [0.05, 0.1) is 0 Å². The topological polar surface area (TPSA) is 0 Å². The molecule has 2 rings (SSSR count). The molecule has 0 aromatic heterocycles. The lowest BCUT2D eigenvalue weighted by molar-refractivity contribution is 1.47. The van der Waals surface area contributed by atoms with E-state index in [1.54, 1.807) is 0 Å². The summed E-state index contributed by atoms with van der Waals surface area (Å²) in [7, 11) is 0. The van der Waals surface area contributed by atoms with E-state index in [2.05, 4.69) is 102 Å². The Labute approximate surface area is 156 Å². The summed E-state index contributed by atoms with van der Waals surface area (Å²) in [5, 5.41) is 0. The average Bonchev–Trinajstić information content (AvgIpc) is 2.28. The Balaban J connectivity index is 2.74. The van der Waals surface area contributed by atoms with E-state index in [1.165, 1.54) is 0 Å². The van der Waals surface area contributed by atoms with Gasteiger partial charge in [0.25, 0.3) is 0 Å². The second-order valence-corrected chi connectivity index (χ2v) is 8.53. The zero-order chi connectivity index (χ0) is 13.4. The van der Waals surface area contributed by atoms with Crippen molar-refractivity contribution < 1.29 is 0 Å². The predicted molar refractivity (Wildman–Crippen MR) is 98.1 cm³/mol. The van der Waals surface area contributed by atoms with Crippen LogP contribution in [0.1, 0.15) is 0 Å². The Kier molecular flexibility index (Phi) is 5.58. The Morgan fingerprint density at radius 2 is 1.17 bits per heavy atom. The van der Waals surface area contributed by atoms with Gasteiger partial charge in [-0.25, -0.2) is 0 Å². The van der Waals surface area contributed by atoms with Crippen LogP contribution in [-0.2, 0) is 0 Å². The van der Waals surface area contributed by atoms with Crippen molar-refractivity contribution in [1.82, 2.24) is 0 Å². The third kappa shape index (κ3) is 3.14. The van der Waals surface area contributed by atoms with Gasteiger partial charge < -0.3 is 0 Å². The average molecular weight is 628 g/mol. The quantitative estimate of drug-likeness (QED) is 0.282. The van der Waals surface area contributed by atoms with E-state index < -0.39 is 0 Å². The van der Waals surface area contributed by atoms with Crippen LogP contribution in [0.4, 0.5) is 0 Å². The lowest BCUT2D eigenvalue weighted by atomic mass is 10.1. The molecule has 0 atom stereocenters. The van der Waals surface area contributed by atoms with Crippen LogP contribution < -0.4 is 0 Å². The minimum absolute atomic E-state index is 1.00. The van der Waals surface area contributed by atoms with Gasteiger partial charge in [0.1, 0.15) is 0 Å². The molecule has 0 unspecified atom stereocenters. The van der Waals surface area contributed by atoms with Gasteiger partial charge >= 0.3 is 0 Å². The largest absolute Gasteiger partial charge is 0.0520 e. The Hall–Kier alpha value is 1.32. The van der Waals surface area contributed by atoms with Crippen molar-refractivity contribution in [2.45, 2.75) is 0 Å². The molecule has 0 aliphatic carbocycles. The first-order chi connectivity index (χ1) is 8.41. The standard InChI is InChI=1S/C12H4Br6/c13-5-3-8(15)10(9(16)4-5)6-1-2-7(14)12(18)11(6)17/h1-4H. The second kappa shape index (κ2) is 6.39. The molecule has 18 heavy (non-hydrogen) atoms. The number of hydrogen-bond acceptors (Lipinski definition) is 0. The summed E-state index contributed by atoms with van der Waals surface area (Å²) in [5.74, 6) is 0. The van der Waals surface area contributed by atoms with E-state index >= 15 is 0 Å². The molecule has 0 fully saturated rings. The van der Waals surface area contributed by atoms with Crippen molar-refractivity contribution >= 4 is 95.6 Å². The molecular weight excluding hydrogens is 624 g/mol. The van der Waals surface area contributed by atoms with Gasteiger partial charge in [-0.1, -0.05) is 53.9 Å². The maximum atomic E-state index is 3.62. The summed E-state index contributed by atoms with van der Waals surface area (Å²) in [4.78, 5) is 0. The molecule has 2 aromatic carbocycles. The molecule has 0 saturated carbocycles. The highest BCUT2D eigenvalue weighted by Crippen LogP contribution is 2.44. The van der Waals surface area contributed by atoms with Gasteiger partial charge in [-0.2, -0.15) is 0 Å². The zero-order valence-corrected chi connectivity index (χ0v) is 18.1. The van der Waals surface area contributed by atoms with Crippen molar-refractivity contribution in [1.29, 1.82) is 0 Å². The van der Waals surface area contributed by atoms with Crippen molar-refractivity contribution in [3.63, 3.8) is 0 Å². The van der Waals surface area contributed by atoms with Crippen LogP contribution in [-0.4, -0.2) is 0 Å². The minimum atomic E-state index is 1.00. The summed E-state index contributed by atoms with van der Waals surface area (Å²) >= 11 is 21.4. The zero-order valence-electron chi connectivity index (χ0n) is 8.58. The fraction of sp³-hybridized carbons (Fsp3) is 0. The van der Waals surface area contributed by atoms with Gasteiger partial charge in [0.15, 0.2) is 0 Å². The van der Waals surface area contributed by atoms with Gasteiger partial charge in [-0.3, -0.25) is 0 Å². The summed E-state index contributed by atoms with van der Waals surface area (Å²) in [6.45, 7) is 0. The molecule has 0 aliphatic heterocycles. The van der Waals surface area contributed by atoms with Crippen LogP contribution in [0.3, 0.4) is 0 Å². The molecule has 2 aromatic rings. The molecule has 94 valence electrons. The monoisotopic (exact) mass is 622 g/mol. The number of rotatable bonds is 1. The van der Waals surface area contributed by atoms with Crippen molar-refractivity contribution in [2.75, 3.05) is 0 Å². The van der Waals surface area contributed by atoms with Crippen LogP contribution in [0, 0.1) is 0 Å². The normalized spacial score (nSPS) is 10.8. The molecule has 0 bridgehead atoms. The van der Waals surface area contributed by atoms with Gasteiger partial charge in [-0.05, 0) is 71.6 Å². The van der Waals surface area contributed by atoms with Crippen LogP contribution in [0.25, 0.3) is 11.1 Å². The lowest BCUT2D eigenvalue weighted by Crippen LogP contribution is -1.86. The van der Waals surface area contributed by atoms with Crippen LogP contribution in [0.2, 0.25) is 0 Å². The minimum Gasteiger partial charge on any atom is -0.0520 e. The summed E-state index contributed by atoms with van der Waals surface area (Å²) in [6.07, 6.45) is 0. The molecule has 0 saturated heterocycles. The number of benzene rings is 2. The molecular formula is C12H4Br6. The maximum Gasteiger partial charge on any atom is 0.0465 e. The Bertz CT molecular complexity index is 597. The summed E-state index contributed by atoms with van der Waals surface area (Å²) < 4.78 is 6.11. The highest BCUT2D eigenvalue weighted by molar-refractivity contribution is 9.14. The molecule has 0 spiro atoms. The van der Waals surface area contributed by atoms with E-state index in [0.717, 1.165) is 38.0 Å². The van der Waals surface area contributed by atoms with E-state index in [1.807, 2.05) is 18.2 Å². The first kappa shape index (κ1) is 15.7. The third-order valence-electron chi connectivity index (χ3n) is 2.31. The lowest BCUT2D eigenvalue weighted by Gasteiger charge is -2.12. The third-order valence-corrected chi connectivity index (χ3v) is 7.39. The highest BCUT2D eigenvalue weighted by atomic mass is 79.9. The fourth-order valence-electron chi connectivity index (χ4n) is 1.52. The molecule has 0 heterocycles. The molecule has 0 N–H and O–H groups in total. The second-order valence-electron chi connectivity index (χ2n) is 3.47. The first-order valence-electron chi connectivity index (χ1n) is 4.70. The fourth-order valence-corrected chi connectivity index (χ4v) is 5.69. The summed E-state index contributed by atoms with van der Waals surface area (Å²) in [5.41, 5.74) is 2.22. The maximum absolute atomic E-state index is 3.62. The SMILES string of the molecule is Brc1cc(Br)c(-c2ccc(Br)c(Br)c2Br)c(Br)c1. The highest BCUT2D eigenvalue weighted by Gasteiger charge is 2.15. The van der Waals surface area contributed by atoms with Crippen molar-refractivity contribution in [3.05, 3.63) is 51.1 Å². The van der Waals surface area contributed by atoms with Crippen LogP contribution >= 0.6 is 95.6 Å². The van der Waals surface area contributed by atoms with E-state index in [4.69, 9.17) is 0 Å².